The molecule has 2 heterocycles. The van der Waals surface area contributed by atoms with Gasteiger partial charge in [0.25, 0.3) is 0 Å². The van der Waals surface area contributed by atoms with Crippen molar-refractivity contribution in [3.05, 3.63) is 17.0 Å². The van der Waals surface area contributed by atoms with Crippen LogP contribution in [-0.4, -0.2) is 28.3 Å². The number of carbonyl (C=O) groups excluding carboxylic acids is 1. The highest BCUT2D eigenvalue weighted by molar-refractivity contribution is 9.10. The molecular formula is C9H9BrClN3O. The number of hydrogen-bond donors (Lipinski definition) is 0. The Balaban J connectivity index is 2.18. The van der Waals surface area contributed by atoms with Gasteiger partial charge in [-0.05, 0) is 21.8 Å². The molecule has 0 N–H and O–H groups in total. The molecule has 0 aliphatic carbocycles. The van der Waals surface area contributed by atoms with E-state index in [9.17, 15) is 4.79 Å². The van der Waals surface area contributed by atoms with Crippen molar-refractivity contribution >= 4 is 39.3 Å². The molecule has 1 aromatic heterocycles. The quantitative estimate of drug-likeness (QED) is 0.781. The third kappa shape index (κ3) is 2.29. The van der Waals surface area contributed by atoms with Crippen LogP contribution < -0.4 is 4.90 Å². The molecule has 0 saturated carbocycles. The van der Waals surface area contributed by atoms with Gasteiger partial charge in [0.15, 0.2) is 5.82 Å². The standard InChI is InChI=1S/C9H9BrClN3O/c10-7-3-13-8(4-12-7)14-5-6(2-11)1-9(14)15/h3-4,6H,1-2,5H2. The number of alkyl halides is 1. The van der Waals surface area contributed by atoms with Crippen molar-refractivity contribution in [1.82, 2.24) is 9.97 Å². The Kier molecular flexibility index (Phi) is 3.21. The van der Waals surface area contributed by atoms with E-state index in [-0.39, 0.29) is 11.8 Å². The molecule has 80 valence electrons. The third-order valence-corrected chi connectivity index (χ3v) is 3.15. The summed E-state index contributed by atoms with van der Waals surface area (Å²) < 4.78 is 0.659. The molecule has 0 radical (unpaired) electrons. The zero-order chi connectivity index (χ0) is 10.8. The SMILES string of the molecule is O=C1CC(CCl)CN1c1cnc(Br)cn1. The normalized spacial score (nSPS) is 21.1. The number of carbonyl (C=O) groups is 1. The summed E-state index contributed by atoms with van der Waals surface area (Å²) in [6.45, 7) is 0.638. The fourth-order valence-electron chi connectivity index (χ4n) is 1.55. The van der Waals surface area contributed by atoms with Crippen LogP contribution in [-0.2, 0) is 4.79 Å². The first-order valence-corrected chi connectivity index (χ1v) is 5.87. The van der Waals surface area contributed by atoms with Crippen LogP contribution >= 0.6 is 27.5 Å². The van der Waals surface area contributed by atoms with Crippen molar-refractivity contribution in [3.63, 3.8) is 0 Å². The Morgan fingerprint density at radius 2 is 2.33 bits per heavy atom. The molecule has 1 fully saturated rings. The number of rotatable bonds is 2. The molecule has 0 aromatic carbocycles. The summed E-state index contributed by atoms with van der Waals surface area (Å²) in [6.07, 6.45) is 3.66. The van der Waals surface area contributed by atoms with E-state index in [1.54, 1.807) is 17.3 Å². The largest absolute Gasteiger partial charge is 0.295 e. The van der Waals surface area contributed by atoms with Crippen LogP contribution in [0.5, 0.6) is 0 Å². The van der Waals surface area contributed by atoms with Crippen LogP contribution in [0.25, 0.3) is 0 Å². The van der Waals surface area contributed by atoms with E-state index in [2.05, 4.69) is 25.9 Å². The number of amides is 1. The Morgan fingerprint density at radius 3 is 2.87 bits per heavy atom. The van der Waals surface area contributed by atoms with Crippen molar-refractivity contribution in [1.29, 1.82) is 0 Å². The summed E-state index contributed by atoms with van der Waals surface area (Å²) in [5.41, 5.74) is 0. The average molecular weight is 291 g/mol. The van der Waals surface area contributed by atoms with Gasteiger partial charge in [-0.15, -0.1) is 11.6 Å². The van der Waals surface area contributed by atoms with Crippen molar-refractivity contribution < 1.29 is 4.79 Å². The molecule has 1 aliphatic heterocycles. The molecule has 1 saturated heterocycles. The highest BCUT2D eigenvalue weighted by Gasteiger charge is 2.30. The predicted octanol–water partition coefficient (Wildman–Crippen LogP) is 1.83. The monoisotopic (exact) mass is 289 g/mol. The minimum absolute atomic E-state index is 0.0669. The molecule has 6 heteroatoms. The van der Waals surface area contributed by atoms with E-state index in [1.807, 2.05) is 0 Å². The fraction of sp³-hybridized carbons (Fsp3) is 0.444. The topological polar surface area (TPSA) is 46.1 Å². The molecule has 0 bridgehead atoms. The van der Waals surface area contributed by atoms with Crippen LogP contribution in [0.3, 0.4) is 0 Å². The maximum absolute atomic E-state index is 11.6. The number of nitrogens with zero attached hydrogens (tertiary/aromatic N) is 3. The summed E-state index contributed by atoms with van der Waals surface area (Å²) in [7, 11) is 0. The van der Waals surface area contributed by atoms with Crippen molar-refractivity contribution in [2.24, 2.45) is 5.92 Å². The number of aromatic nitrogens is 2. The second-order valence-electron chi connectivity index (χ2n) is 3.43. The first kappa shape index (κ1) is 10.8. The second-order valence-corrected chi connectivity index (χ2v) is 4.55. The molecule has 0 spiro atoms. The molecule has 1 aromatic rings. The lowest BCUT2D eigenvalue weighted by molar-refractivity contribution is -0.117. The van der Waals surface area contributed by atoms with Gasteiger partial charge < -0.3 is 0 Å². The van der Waals surface area contributed by atoms with Crippen LogP contribution in [0, 0.1) is 5.92 Å². The van der Waals surface area contributed by atoms with Crippen molar-refractivity contribution in [2.45, 2.75) is 6.42 Å². The molecular weight excluding hydrogens is 281 g/mol. The summed E-state index contributed by atoms with van der Waals surface area (Å²) in [4.78, 5) is 21.4. The zero-order valence-corrected chi connectivity index (χ0v) is 10.2. The van der Waals surface area contributed by atoms with E-state index in [1.165, 1.54) is 0 Å². The first-order valence-electron chi connectivity index (χ1n) is 4.54. The molecule has 2 rings (SSSR count). The van der Waals surface area contributed by atoms with Gasteiger partial charge in [-0.3, -0.25) is 9.69 Å². The van der Waals surface area contributed by atoms with Gasteiger partial charge in [0.05, 0.1) is 12.4 Å². The highest BCUT2D eigenvalue weighted by atomic mass is 79.9. The van der Waals surface area contributed by atoms with Gasteiger partial charge >= 0.3 is 0 Å². The Morgan fingerprint density at radius 1 is 1.53 bits per heavy atom. The summed E-state index contributed by atoms with van der Waals surface area (Å²) in [6, 6.07) is 0. The second kappa shape index (κ2) is 4.45. The maximum atomic E-state index is 11.6. The van der Waals surface area contributed by atoms with E-state index in [0.717, 1.165) is 0 Å². The summed E-state index contributed by atoms with van der Waals surface area (Å²) >= 11 is 8.93. The lowest BCUT2D eigenvalue weighted by Gasteiger charge is -2.14. The predicted molar refractivity (Wildman–Crippen MR) is 60.9 cm³/mol. The maximum Gasteiger partial charge on any atom is 0.228 e. The van der Waals surface area contributed by atoms with Crippen molar-refractivity contribution in [2.75, 3.05) is 17.3 Å². The minimum Gasteiger partial charge on any atom is -0.295 e. The number of anilines is 1. The molecule has 1 aliphatic rings. The fourth-order valence-corrected chi connectivity index (χ4v) is 1.96. The molecule has 4 nitrogen and oxygen atoms in total. The van der Waals surface area contributed by atoms with E-state index in [0.29, 0.717) is 29.3 Å². The molecule has 1 atom stereocenters. The van der Waals surface area contributed by atoms with E-state index >= 15 is 0 Å². The van der Waals surface area contributed by atoms with E-state index in [4.69, 9.17) is 11.6 Å². The minimum atomic E-state index is 0.0669. The van der Waals surface area contributed by atoms with Gasteiger partial charge in [0.2, 0.25) is 5.91 Å². The van der Waals surface area contributed by atoms with Crippen LogP contribution in [0.2, 0.25) is 0 Å². The molecule has 15 heavy (non-hydrogen) atoms. The van der Waals surface area contributed by atoms with Gasteiger partial charge in [-0.1, -0.05) is 0 Å². The zero-order valence-electron chi connectivity index (χ0n) is 7.86. The smallest absolute Gasteiger partial charge is 0.228 e. The molecule has 1 amide bonds. The summed E-state index contributed by atoms with van der Waals surface area (Å²) in [5, 5.41) is 0. The van der Waals surface area contributed by atoms with E-state index < -0.39 is 0 Å². The lowest BCUT2D eigenvalue weighted by Crippen LogP contribution is -2.25. The van der Waals surface area contributed by atoms with Gasteiger partial charge in [0.1, 0.15) is 4.60 Å². The first-order chi connectivity index (χ1) is 7.20. The Labute approximate surface area is 101 Å². The van der Waals surface area contributed by atoms with Crippen LogP contribution in [0.1, 0.15) is 6.42 Å². The lowest BCUT2D eigenvalue weighted by atomic mass is 10.2. The van der Waals surface area contributed by atoms with Gasteiger partial charge in [-0.2, -0.15) is 0 Å². The molecule has 1 unspecified atom stereocenters. The third-order valence-electron chi connectivity index (χ3n) is 2.31. The van der Waals surface area contributed by atoms with Gasteiger partial charge in [-0.25, -0.2) is 9.97 Å². The summed E-state index contributed by atoms with van der Waals surface area (Å²) in [5.74, 6) is 1.39. The highest BCUT2D eigenvalue weighted by Crippen LogP contribution is 2.23. The van der Waals surface area contributed by atoms with Gasteiger partial charge in [0, 0.05) is 18.8 Å². The van der Waals surface area contributed by atoms with Crippen LogP contribution in [0.15, 0.2) is 17.0 Å². The van der Waals surface area contributed by atoms with Crippen molar-refractivity contribution in [3.8, 4) is 0 Å². The van der Waals surface area contributed by atoms with Crippen LogP contribution in [0.4, 0.5) is 5.82 Å². The Bertz CT molecular complexity index is 370. The number of halogens is 2. The average Bonchev–Trinajstić information content (AvgIpc) is 2.61. The Hall–Kier alpha value is -0.680. The number of hydrogen-bond acceptors (Lipinski definition) is 3.